The van der Waals surface area contributed by atoms with Crippen molar-refractivity contribution in [3.8, 4) is 0 Å². The van der Waals surface area contributed by atoms with Crippen molar-refractivity contribution < 1.29 is 4.79 Å². The summed E-state index contributed by atoms with van der Waals surface area (Å²) in [5.41, 5.74) is 1.22. The summed E-state index contributed by atoms with van der Waals surface area (Å²) in [4.78, 5) is 15.0. The summed E-state index contributed by atoms with van der Waals surface area (Å²) >= 11 is 0. The summed E-state index contributed by atoms with van der Waals surface area (Å²) in [5, 5.41) is 3.47. The Hall–Kier alpha value is -1.35. The third-order valence-electron chi connectivity index (χ3n) is 5.28. The van der Waals surface area contributed by atoms with Crippen molar-refractivity contribution in [3.63, 3.8) is 0 Å². The van der Waals surface area contributed by atoms with Crippen LogP contribution >= 0.6 is 0 Å². The lowest BCUT2D eigenvalue weighted by molar-refractivity contribution is -0.135. The molecule has 1 fully saturated rings. The minimum Gasteiger partial charge on any atom is -0.336 e. The van der Waals surface area contributed by atoms with E-state index < -0.39 is 0 Å². The summed E-state index contributed by atoms with van der Waals surface area (Å²) in [7, 11) is 0. The van der Waals surface area contributed by atoms with E-state index in [0.29, 0.717) is 30.2 Å². The van der Waals surface area contributed by atoms with E-state index in [1.165, 1.54) is 18.4 Å². The minimum absolute atomic E-state index is 0.291. The standard InChI is InChI=1S/C20H32N2O/c1-4-17(3)22(15-18-9-6-5-7-10-18)20(23)13-16(2)19-11-8-12-21-14-19/h5-7,9-10,16-17,19,21H,4,8,11-15H2,1-3H3. The van der Waals surface area contributed by atoms with Gasteiger partial charge < -0.3 is 10.2 Å². The van der Waals surface area contributed by atoms with Crippen LogP contribution in [0.4, 0.5) is 0 Å². The average Bonchev–Trinajstić information content (AvgIpc) is 2.60. The molecule has 3 nitrogen and oxygen atoms in total. The Morgan fingerprint density at radius 3 is 2.65 bits per heavy atom. The summed E-state index contributed by atoms with van der Waals surface area (Å²) in [6, 6.07) is 10.6. The van der Waals surface area contributed by atoms with Gasteiger partial charge in [0, 0.05) is 19.0 Å². The molecule has 3 unspecified atom stereocenters. The van der Waals surface area contributed by atoms with Crippen molar-refractivity contribution in [3.05, 3.63) is 35.9 Å². The summed E-state index contributed by atoms with van der Waals surface area (Å²) < 4.78 is 0. The summed E-state index contributed by atoms with van der Waals surface area (Å²) in [6.45, 7) is 9.48. The van der Waals surface area contributed by atoms with Crippen molar-refractivity contribution in [2.45, 2.75) is 59.0 Å². The molecule has 1 heterocycles. The summed E-state index contributed by atoms with van der Waals surface area (Å²) in [6.07, 6.45) is 4.16. The number of carbonyl (C=O) groups is 1. The highest BCUT2D eigenvalue weighted by atomic mass is 16.2. The Balaban J connectivity index is 1.98. The zero-order valence-electron chi connectivity index (χ0n) is 14.9. The van der Waals surface area contributed by atoms with Gasteiger partial charge in [-0.2, -0.15) is 0 Å². The molecule has 0 bridgehead atoms. The lowest BCUT2D eigenvalue weighted by atomic mass is 9.85. The molecule has 1 N–H and O–H groups in total. The van der Waals surface area contributed by atoms with Gasteiger partial charge in [0.2, 0.25) is 5.91 Å². The van der Waals surface area contributed by atoms with E-state index in [0.717, 1.165) is 26.1 Å². The van der Waals surface area contributed by atoms with Crippen molar-refractivity contribution >= 4 is 5.91 Å². The molecule has 3 heteroatoms. The predicted molar refractivity (Wildman–Crippen MR) is 96.1 cm³/mol. The maximum Gasteiger partial charge on any atom is 0.223 e. The fraction of sp³-hybridized carbons (Fsp3) is 0.650. The quantitative estimate of drug-likeness (QED) is 0.829. The van der Waals surface area contributed by atoms with E-state index in [1.807, 2.05) is 18.2 Å². The molecule has 1 aromatic carbocycles. The Labute approximate surface area is 141 Å². The van der Waals surface area contributed by atoms with Gasteiger partial charge in [-0.25, -0.2) is 0 Å². The molecule has 1 amide bonds. The number of amides is 1. The molecule has 1 aliphatic heterocycles. The van der Waals surface area contributed by atoms with Crippen LogP contribution in [0.2, 0.25) is 0 Å². The van der Waals surface area contributed by atoms with E-state index in [-0.39, 0.29) is 0 Å². The zero-order chi connectivity index (χ0) is 16.7. The van der Waals surface area contributed by atoms with Crippen LogP contribution in [0.25, 0.3) is 0 Å². The van der Waals surface area contributed by atoms with Crippen molar-refractivity contribution in [1.82, 2.24) is 10.2 Å². The largest absolute Gasteiger partial charge is 0.336 e. The molecule has 23 heavy (non-hydrogen) atoms. The second-order valence-electron chi connectivity index (χ2n) is 7.05. The molecule has 1 aromatic rings. The Morgan fingerprint density at radius 2 is 2.04 bits per heavy atom. The highest BCUT2D eigenvalue weighted by molar-refractivity contribution is 5.76. The van der Waals surface area contributed by atoms with E-state index in [1.54, 1.807) is 0 Å². The third-order valence-corrected chi connectivity index (χ3v) is 5.28. The first kappa shape index (κ1) is 18.0. The van der Waals surface area contributed by atoms with Crippen LogP contribution in [0, 0.1) is 11.8 Å². The number of carbonyl (C=O) groups excluding carboxylic acids is 1. The molecule has 2 rings (SSSR count). The monoisotopic (exact) mass is 316 g/mol. The third kappa shape index (κ3) is 5.35. The normalized spacial score (nSPS) is 20.7. The average molecular weight is 316 g/mol. The van der Waals surface area contributed by atoms with Crippen molar-refractivity contribution in [2.24, 2.45) is 11.8 Å². The first-order valence-corrected chi connectivity index (χ1v) is 9.16. The van der Waals surface area contributed by atoms with Crippen molar-refractivity contribution in [1.29, 1.82) is 0 Å². The first-order valence-electron chi connectivity index (χ1n) is 9.16. The van der Waals surface area contributed by atoms with Crippen LogP contribution in [0.3, 0.4) is 0 Å². The second-order valence-corrected chi connectivity index (χ2v) is 7.05. The molecular formula is C20H32N2O. The van der Waals surface area contributed by atoms with Crippen LogP contribution in [0.15, 0.2) is 30.3 Å². The fourth-order valence-electron chi connectivity index (χ4n) is 3.41. The maximum atomic E-state index is 12.9. The highest BCUT2D eigenvalue weighted by Gasteiger charge is 2.26. The van der Waals surface area contributed by atoms with Crippen LogP contribution in [0.5, 0.6) is 0 Å². The Kier molecular flexibility index (Phi) is 7.10. The van der Waals surface area contributed by atoms with E-state index >= 15 is 0 Å². The number of hydrogen-bond donors (Lipinski definition) is 1. The molecule has 0 radical (unpaired) electrons. The summed E-state index contributed by atoms with van der Waals surface area (Å²) in [5.74, 6) is 1.40. The van der Waals surface area contributed by atoms with E-state index in [4.69, 9.17) is 0 Å². The van der Waals surface area contributed by atoms with E-state index in [9.17, 15) is 4.79 Å². The van der Waals surface area contributed by atoms with Gasteiger partial charge in [0.25, 0.3) is 0 Å². The Bertz CT molecular complexity index is 468. The van der Waals surface area contributed by atoms with Crippen molar-refractivity contribution in [2.75, 3.05) is 13.1 Å². The molecule has 128 valence electrons. The number of nitrogens with zero attached hydrogens (tertiary/aromatic N) is 1. The molecule has 3 atom stereocenters. The lowest BCUT2D eigenvalue weighted by Crippen LogP contribution is -2.40. The number of piperidine rings is 1. The van der Waals surface area contributed by atoms with Crippen LogP contribution in [-0.2, 0) is 11.3 Å². The van der Waals surface area contributed by atoms with Gasteiger partial charge in [0.15, 0.2) is 0 Å². The van der Waals surface area contributed by atoms with Gasteiger partial charge in [-0.3, -0.25) is 4.79 Å². The number of nitrogens with one attached hydrogen (secondary N) is 1. The molecule has 1 aliphatic rings. The van der Waals surface area contributed by atoms with Gasteiger partial charge >= 0.3 is 0 Å². The first-order chi connectivity index (χ1) is 11.1. The maximum absolute atomic E-state index is 12.9. The second kappa shape index (κ2) is 9.07. The molecule has 0 saturated carbocycles. The highest BCUT2D eigenvalue weighted by Crippen LogP contribution is 2.24. The topological polar surface area (TPSA) is 32.3 Å². The number of hydrogen-bond acceptors (Lipinski definition) is 2. The van der Waals surface area contributed by atoms with E-state index in [2.05, 4.69) is 43.1 Å². The molecular weight excluding hydrogens is 284 g/mol. The number of benzene rings is 1. The van der Waals surface area contributed by atoms with Crippen LogP contribution in [-0.4, -0.2) is 29.9 Å². The van der Waals surface area contributed by atoms with Gasteiger partial charge in [0.1, 0.15) is 0 Å². The van der Waals surface area contributed by atoms with Gasteiger partial charge in [-0.05, 0) is 56.7 Å². The number of rotatable bonds is 7. The van der Waals surface area contributed by atoms with Crippen LogP contribution < -0.4 is 5.32 Å². The van der Waals surface area contributed by atoms with Crippen LogP contribution in [0.1, 0.15) is 52.0 Å². The SMILES string of the molecule is CCC(C)N(Cc1ccccc1)C(=O)CC(C)C1CCCNC1. The molecule has 0 aromatic heterocycles. The van der Waals surface area contributed by atoms with Gasteiger partial charge in [0.05, 0.1) is 0 Å². The van der Waals surface area contributed by atoms with Gasteiger partial charge in [-0.15, -0.1) is 0 Å². The lowest BCUT2D eigenvalue weighted by Gasteiger charge is -2.33. The molecule has 1 saturated heterocycles. The molecule has 0 spiro atoms. The zero-order valence-corrected chi connectivity index (χ0v) is 14.9. The minimum atomic E-state index is 0.291. The Morgan fingerprint density at radius 1 is 1.30 bits per heavy atom. The van der Waals surface area contributed by atoms with Gasteiger partial charge in [-0.1, -0.05) is 44.2 Å². The smallest absolute Gasteiger partial charge is 0.223 e. The molecule has 0 aliphatic carbocycles. The predicted octanol–water partition coefficient (Wildman–Crippen LogP) is 3.84. The fourth-order valence-corrected chi connectivity index (χ4v) is 3.41.